The first-order valence-corrected chi connectivity index (χ1v) is 9.07. The van der Waals surface area contributed by atoms with Crippen molar-refractivity contribution in [1.82, 2.24) is 14.8 Å². The third-order valence-electron chi connectivity index (χ3n) is 4.61. The monoisotopic (exact) mass is 368 g/mol. The van der Waals surface area contributed by atoms with E-state index in [9.17, 15) is 4.79 Å². The maximum Gasteiger partial charge on any atom is 0.248 e. The van der Waals surface area contributed by atoms with E-state index in [-0.39, 0.29) is 5.91 Å². The Morgan fingerprint density at radius 2 is 1.79 bits per heavy atom. The van der Waals surface area contributed by atoms with E-state index in [1.54, 1.807) is 12.3 Å². The van der Waals surface area contributed by atoms with E-state index in [0.717, 1.165) is 33.5 Å². The Bertz CT molecular complexity index is 1180. The van der Waals surface area contributed by atoms with E-state index in [2.05, 4.69) is 15.4 Å². The van der Waals surface area contributed by atoms with Crippen LogP contribution in [0.1, 0.15) is 17.0 Å². The van der Waals surface area contributed by atoms with Crippen LogP contribution < -0.4 is 5.32 Å². The van der Waals surface area contributed by atoms with Crippen molar-refractivity contribution in [3.63, 3.8) is 0 Å². The zero-order chi connectivity index (χ0) is 19.5. The summed E-state index contributed by atoms with van der Waals surface area (Å²) in [5.41, 5.74) is 5.36. The Morgan fingerprint density at radius 1 is 1.04 bits per heavy atom. The molecule has 0 atom stereocenters. The van der Waals surface area contributed by atoms with Crippen LogP contribution >= 0.6 is 0 Å². The highest BCUT2D eigenvalue weighted by Gasteiger charge is 2.11. The molecule has 0 bridgehead atoms. The quantitative estimate of drug-likeness (QED) is 0.532. The van der Waals surface area contributed by atoms with Crippen molar-refractivity contribution in [2.75, 3.05) is 5.32 Å². The minimum absolute atomic E-state index is 0.205. The molecule has 2 aromatic carbocycles. The van der Waals surface area contributed by atoms with Gasteiger partial charge in [0.05, 0.1) is 28.8 Å². The average Bonchev–Trinajstić information content (AvgIpc) is 3.00. The first-order valence-electron chi connectivity index (χ1n) is 9.07. The van der Waals surface area contributed by atoms with Crippen molar-refractivity contribution >= 4 is 28.6 Å². The van der Waals surface area contributed by atoms with Gasteiger partial charge < -0.3 is 5.32 Å². The number of benzene rings is 2. The van der Waals surface area contributed by atoms with Crippen LogP contribution in [0.15, 0.2) is 72.9 Å². The first-order chi connectivity index (χ1) is 13.6. The molecule has 0 saturated carbocycles. The highest BCUT2D eigenvalue weighted by atomic mass is 16.1. The Hall–Kier alpha value is -3.73. The van der Waals surface area contributed by atoms with Gasteiger partial charge in [0, 0.05) is 22.7 Å². The number of aryl methyl sites for hydroxylation is 1. The topological polar surface area (TPSA) is 59.8 Å². The summed E-state index contributed by atoms with van der Waals surface area (Å²) in [6.07, 6.45) is 5.00. The smallest absolute Gasteiger partial charge is 0.248 e. The number of anilines is 1. The number of hydrogen-bond acceptors (Lipinski definition) is 3. The second-order valence-corrected chi connectivity index (χ2v) is 6.57. The second kappa shape index (κ2) is 7.48. The lowest BCUT2D eigenvalue weighted by molar-refractivity contribution is -0.111. The summed E-state index contributed by atoms with van der Waals surface area (Å²) in [7, 11) is 0. The van der Waals surface area contributed by atoms with Gasteiger partial charge >= 0.3 is 0 Å². The molecule has 1 N–H and O–H groups in total. The lowest BCUT2D eigenvalue weighted by Crippen LogP contribution is -2.08. The summed E-state index contributed by atoms with van der Waals surface area (Å²) in [5, 5.41) is 8.45. The molecule has 0 fully saturated rings. The lowest BCUT2D eigenvalue weighted by atomic mass is 10.1. The van der Waals surface area contributed by atoms with Gasteiger partial charge in [-0.2, -0.15) is 5.10 Å². The normalized spacial score (nSPS) is 11.2. The van der Waals surface area contributed by atoms with Crippen molar-refractivity contribution in [2.24, 2.45) is 0 Å². The van der Waals surface area contributed by atoms with Crippen molar-refractivity contribution < 1.29 is 4.79 Å². The zero-order valence-electron chi connectivity index (χ0n) is 15.8. The largest absolute Gasteiger partial charge is 0.321 e. The molecule has 5 heteroatoms. The number of nitrogens with one attached hydrogen (secondary N) is 1. The molecule has 0 aliphatic rings. The van der Waals surface area contributed by atoms with Crippen LogP contribution in [0.25, 0.3) is 22.7 Å². The van der Waals surface area contributed by atoms with Crippen LogP contribution in [0.3, 0.4) is 0 Å². The molecule has 28 heavy (non-hydrogen) atoms. The molecule has 4 rings (SSSR count). The number of amides is 1. The fraction of sp³-hybridized carbons (Fsp3) is 0.0870. The highest BCUT2D eigenvalue weighted by molar-refractivity contribution is 6.02. The Morgan fingerprint density at radius 3 is 2.61 bits per heavy atom. The number of fused-ring (bicyclic) bond motifs is 1. The molecule has 0 spiro atoms. The molecule has 0 aliphatic heterocycles. The van der Waals surface area contributed by atoms with E-state index in [1.807, 2.05) is 79.2 Å². The number of para-hydroxylation sites is 2. The van der Waals surface area contributed by atoms with E-state index in [4.69, 9.17) is 0 Å². The predicted molar refractivity (Wildman–Crippen MR) is 112 cm³/mol. The molecule has 0 unspecified atom stereocenters. The second-order valence-electron chi connectivity index (χ2n) is 6.57. The minimum Gasteiger partial charge on any atom is -0.321 e. The zero-order valence-corrected chi connectivity index (χ0v) is 15.8. The number of nitrogens with zero attached hydrogens (tertiary/aromatic N) is 3. The maximum absolute atomic E-state index is 12.4. The summed E-state index contributed by atoms with van der Waals surface area (Å²) in [4.78, 5) is 16.7. The SMILES string of the molecule is Cc1nn(-c2ccccc2)c(C)c1/C=C/C(=O)Nc1cnc2ccccc2c1. The maximum atomic E-state index is 12.4. The summed E-state index contributed by atoms with van der Waals surface area (Å²) in [6, 6.07) is 19.7. The van der Waals surface area contributed by atoms with Gasteiger partial charge in [-0.05, 0) is 44.2 Å². The molecular formula is C23H20N4O. The van der Waals surface area contributed by atoms with Crippen LogP contribution in [0.5, 0.6) is 0 Å². The molecule has 0 radical (unpaired) electrons. The molecule has 0 aliphatic carbocycles. The van der Waals surface area contributed by atoms with Crippen LogP contribution in [0, 0.1) is 13.8 Å². The highest BCUT2D eigenvalue weighted by Crippen LogP contribution is 2.20. The van der Waals surface area contributed by atoms with Crippen molar-refractivity contribution in [3.05, 3.63) is 89.9 Å². The number of carbonyl (C=O) groups is 1. The summed E-state index contributed by atoms with van der Waals surface area (Å²) < 4.78 is 1.89. The average molecular weight is 368 g/mol. The molecule has 138 valence electrons. The number of pyridine rings is 1. The van der Waals surface area contributed by atoms with E-state index in [1.165, 1.54) is 6.08 Å². The van der Waals surface area contributed by atoms with Crippen LogP contribution in [0.4, 0.5) is 5.69 Å². The molecule has 2 aromatic heterocycles. The van der Waals surface area contributed by atoms with Gasteiger partial charge in [0.2, 0.25) is 5.91 Å². The summed E-state index contributed by atoms with van der Waals surface area (Å²) >= 11 is 0. The van der Waals surface area contributed by atoms with Crippen molar-refractivity contribution in [3.8, 4) is 5.69 Å². The number of carbonyl (C=O) groups excluding carboxylic acids is 1. The predicted octanol–water partition coefficient (Wildman–Crippen LogP) is 4.69. The van der Waals surface area contributed by atoms with Crippen LogP contribution in [0.2, 0.25) is 0 Å². The van der Waals surface area contributed by atoms with Gasteiger partial charge in [0.25, 0.3) is 0 Å². The van der Waals surface area contributed by atoms with Crippen LogP contribution in [-0.2, 0) is 4.79 Å². The minimum atomic E-state index is -0.205. The Kier molecular flexibility index (Phi) is 4.72. The molecule has 2 heterocycles. The van der Waals surface area contributed by atoms with E-state index < -0.39 is 0 Å². The fourth-order valence-corrected chi connectivity index (χ4v) is 3.20. The standard InChI is InChI=1S/C23H20N4O/c1-16-21(17(2)27(26-16)20-9-4-3-5-10-20)12-13-23(28)25-19-14-18-8-6-7-11-22(18)24-15-19/h3-15H,1-2H3,(H,25,28)/b13-12+. The van der Waals surface area contributed by atoms with Crippen LogP contribution in [-0.4, -0.2) is 20.7 Å². The number of hydrogen-bond donors (Lipinski definition) is 1. The molecule has 5 nitrogen and oxygen atoms in total. The Labute approximate surface area is 163 Å². The number of rotatable bonds is 4. The van der Waals surface area contributed by atoms with Crippen molar-refractivity contribution in [2.45, 2.75) is 13.8 Å². The third kappa shape index (κ3) is 3.55. The molecule has 0 saturated heterocycles. The third-order valence-corrected chi connectivity index (χ3v) is 4.61. The van der Waals surface area contributed by atoms with Crippen molar-refractivity contribution in [1.29, 1.82) is 0 Å². The summed E-state index contributed by atoms with van der Waals surface area (Å²) in [5.74, 6) is -0.205. The lowest BCUT2D eigenvalue weighted by Gasteiger charge is -2.04. The summed E-state index contributed by atoms with van der Waals surface area (Å²) in [6.45, 7) is 3.94. The van der Waals surface area contributed by atoms with Gasteiger partial charge in [-0.25, -0.2) is 4.68 Å². The first kappa shape index (κ1) is 17.7. The molecule has 1 amide bonds. The molecular weight excluding hydrogens is 348 g/mol. The van der Waals surface area contributed by atoms with Gasteiger partial charge in [0.1, 0.15) is 0 Å². The van der Waals surface area contributed by atoms with Gasteiger partial charge in [-0.15, -0.1) is 0 Å². The van der Waals surface area contributed by atoms with Gasteiger partial charge in [0.15, 0.2) is 0 Å². The number of aromatic nitrogens is 3. The van der Waals surface area contributed by atoms with Gasteiger partial charge in [-0.1, -0.05) is 36.4 Å². The Balaban J connectivity index is 1.53. The fourth-order valence-electron chi connectivity index (χ4n) is 3.20. The molecule has 4 aromatic rings. The van der Waals surface area contributed by atoms with E-state index >= 15 is 0 Å². The van der Waals surface area contributed by atoms with E-state index in [0.29, 0.717) is 5.69 Å². The van der Waals surface area contributed by atoms with Gasteiger partial charge in [-0.3, -0.25) is 9.78 Å².